The molecule has 0 unspecified atom stereocenters. The van der Waals surface area contributed by atoms with Crippen LogP contribution < -0.4 is 10.1 Å². The Bertz CT molecular complexity index is 390. The maximum Gasteiger partial charge on any atom is 0.257 e. The van der Waals surface area contributed by atoms with Gasteiger partial charge in [0.2, 0.25) is 0 Å². The van der Waals surface area contributed by atoms with E-state index < -0.39 is 5.82 Å². The fraction of sp³-hybridized carbons (Fsp3) is 0.462. The van der Waals surface area contributed by atoms with Gasteiger partial charge in [-0.2, -0.15) is 11.8 Å². The van der Waals surface area contributed by atoms with Crippen molar-refractivity contribution in [2.75, 3.05) is 31.3 Å². The van der Waals surface area contributed by atoms with E-state index in [-0.39, 0.29) is 19.1 Å². The Balaban J connectivity index is 2.08. The number of hydrogen-bond acceptors (Lipinski definition) is 4. The van der Waals surface area contributed by atoms with Crippen LogP contribution in [0.1, 0.15) is 6.42 Å². The van der Waals surface area contributed by atoms with Crippen LogP contribution in [-0.4, -0.2) is 42.3 Å². The molecule has 0 spiro atoms. The molecule has 2 N–H and O–H groups in total. The molecule has 0 saturated carbocycles. The SMILES string of the molecule is O=C(COc1cccc(F)c1)NCCSCCCO. The van der Waals surface area contributed by atoms with E-state index in [9.17, 15) is 9.18 Å². The minimum absolute atomic E-state index is 0.120. The van der Waals surface area contributed by atoms with Gasteiger partial charge >= 0.3 is 0 Å². The molecule has 19 heavy (non-hydrogen) atoms. The topological polar surface area (TPSA) is 58.6 Å². The third kappa shape index (κ3) is 7.69. The van der Waals surface area contributed by atoms with Crippen molar-refractivity contribution in [2.45, 2.75) is 6.42 Å². The van der Waals surface area contributed by atoms with E-state index in [1.165, 1.54) is 18.2 Å². The number of carbonyl (C=O) groups excluding carboxylic acids is 1. The zero-order chi connectivity index (χ0) is 13.9. The molecule has 0 atom stereocenters. The molecule has 0 aliphatic rings. The van der Waals surface area contributed by atoms with Crippen LogP contribution in [0.5, 0.6) is 5.75 Å². The molecule has 0 fully saturated rings. The van der Waals surface area contributed by atoms with Crippen molar-refractivity contribution >= 4 is 17.7 Å². The molecular formula is C13H18FNO3S. The average Bonchev–Trinajstić information content (AvgIpc) is 2.40. The normalized spacial score (nSPS) is 10.2. The van der Waals surface area contributed by atoms with Crippen molar-refractivity contribution in [3.05, 3.63) is 30.1 Å². The molecule has 4 nitrogen and oxygen atoms in total. The number of nitrogens with one attached hydrogen (secondary N) is 1. The van der Waals surface area contributed by atoms with Gasteiger partial charge in [-0.3, -0.25) is 4.79 Å². The molecule has 0 aromatic heterocycles. The highest BCUT2D eigenvalue weighted by Crippen LogP contribution is 2.11. The first-order valence-corrected chi connectivity index (χ1v) is 7.21. The van der Waals surface area contributed by atoms with Crippen LogP contribution in [0, 0.1) is 5.82 Å². The summed E-state index contributed by atoms with van der Waals surface area (Å²) in [7, 11) is 0. The summed E-state index contributed by atoms with van der Waals surface area (Å²) < 4.78 is 18.0. The van der Waals surface area contributed by atoms with Gasteiger partial charge in [0.25, 0.3) is 5.91 Å². The number of benzene rings is 1. The minimum Gasteiger partial charge on any atom is -0.484 e. The Hall–Kier alpha value is -1.27. The van der Waals surface area contributed by atoms with Crippen molar-refractivity contribution in [3.8, 4) is 5.75 Å². The summed E-state index contributed by atoms with van der Waals surface area (Å²) in [6, 6.07) is 5.68. The van der Waals surface area contributed by atoms with E-state index in [0.717, 1.165) is 17.9 Å². The third-order valence-corrected chi connectivity index (χ3v) is 3.25. The lowest BCUT2D eigenvalue weighted by molar-refractivity contribution is -0.122. The van der Waals surface area contributed by atoms with E-state index >= 15 is 0 Å². The van der Waals surface area contributed by atoms with E-state index in [4.69, 9.17) is 9.84 Å². The zero-order valence-corrected chi connectivity index (χ0v) is 11.4. The van der Waals surface area contributed by atoms with Crippen molar-refractivity contribution in [3.63, 3.8) is 0 Å². The second-order valence-electron chi connectivity index (χ2n) is 3.79. The van der Waals surface area contributed by atoms with Gasteiger partial charge in [0, 0.05) is 25.0 Å². The Morgan fingerprint density at radius 2 is 2.26 bits per heavy atom. The number of hydrogen-bond donors (Lipinski definition) is 2. The predicted molar refractivity (Wildman–Crippen MR) is 73.9 cm³/mol. The summed E-state index contributed by atoms with van der Waals surface area (Å²) in [5.74, 6) is 1.40. The lowest BCUT2D eigenvalue weighted by atomic mass is 10.3. The second-order valence-corrected chi connectivity index (χ2v) is 5.01. The lowest BCUT2D eigenvalue weighted by Gasteiger charge is -2.07. The van der Waals surface area contributed by atoms with Crippen LogP contribution >= 0.6 is 11.8 Å². The van der Waals surface area contributed by atoms with Gasteiger partial charge in [0.1, 0.15) is 11.6 Å². The number of aliphatic hydroxyl groups excluding tert-OH is 1. The van der Waals surface area contributed by atoms with Crippen molar-refractivity contribution in [1.29, 1.82) is 0 Å². The van der Waals surface area contributed by atoms with Gasteiger partial charge < -0.3 is 15.2 Å². The maximum absolute atomic E-state index is 12.8. The predicted octanol–water partition coefficient (Wildman–Crippen LogP) is 1.44. The van der Waals surface area contributed by atoms with Crippen LogP contribution in [0.25, 0.3) is 0 Å². The van der Waals surface area contributed by atoms with E-state index in [2.05, 4.69) is 5.32 Å². The van der Waals surface area contributed by atoms with E-state index in [0.29, 0.717) is 12.3 Å². The summed E-state index contributed by atoms with van der Waals surface area (Å²) in [4.78, 5) is 11.4. The van der Waals surface area contributed by atoms with Gasteiger partial charge in [-0.1, -0.05) is 6.07 Å². The fourth-order valence-corrected chi connectivity index (χ4v) is 2.07. The average molecular weight is 287 g/mol. The van der Waals surface area contributed by atoms with Crippen LogP contribution in [0.4, 0.5) is 4.39 Å². The first-order valence-electron chi connectivity index (χ1n) is 6.06. The van der Waals surface area contributed by atoms with Gasteiger partial charge in [0.05, 0.1) is 0 Å². The fourth-order valence-electron chi connectivity index (χ4n) is 1.29. The summed E-state index contributed by atoms with van der Waals surface area (Å²) in [6.45, 7) is 0.632. The molecule has 1 amide bonds. The number of rotatable bonds is 9. The standard InChI is InChI=1S/C13H18FNO3S/c14-11-3-1-4-12(9-11)18-10-13(17)15-5-8-19-7-2-6-16/h1,3-4,9,16H,2,5-8,10H2,(H,15,17). The Morgan fingerprint density at radius 1 is 1.42 bits per heavy atom. The molecule has 0 aliphatic carbocycles. The monoisotopic (exact) mass is 287 g/mol. The minimum atomic E-state index is -0.391. The first-order chi connectivity index (χ1) is 9.22. The highest BCUT2D eigenvalue weighted by molar-refractivity contribution is 7.99. The quantitative estimate of drug-likeness (QED) is 0.675. The molecule has 0 saturated heterocycles. The summed E-state index contributed by atoms with van der Waals surface area (Å²) in [5.41, 5.74) is 0. The Labute approximate surface area is 116 Å². The van der Waals surface area contributed by atoms with Crippen molar-refractivity contribution in [1.82, 2.24) is 5.32 Å². The zero-order valence-electron chi connectivity index (χ0n) is 10.6. The summed E-state index contributed by atoms with van der Waals surface area (Å²) in [6.07, 6.45) is 0.765. The largest absolute Gasteiger partial charge is 0.484 e. The second kappa shape index (κ2) is 9.63. The molecule has 106 valence electrons. The highest BCUT2D eigenvalue weighted by atomic mass is 32.2. The summed E-state index contributed by atoms with van der Waals surface area (Å²) in [5, 5.41) is 11.3. The number of amides is 1. The Morgan fingerprint density at radius 3 is 3.00 bits per heavy atom. The molecular weight excluding hydrogens is 269 g/mol. The van der Waals surface area contributed by atoms with Gasteiger partial charge in [-0.15, -0.1) is 0 Å². The van der Waals surface area contributed by atoms with E-state index in [1.807, 2.05) is 0 Å². The van der Waals surface area contributed by atoms with Crippen molar-refractivity contribution < 1.29 is 19.0 Å². The van der Waals surface area contributed by atoms with Crippen molar-refractivity contribution in [2.24, 2.45) is 0 Å². The number of carbonyl (C=O) groups is 1. The summed E-state index contributed by atoms with van der Waals surface area (Å²) >= 11 is 1.67. The van der Waals surface area contributed by atoms with E-state index in [1.54, 1.807) is 17.8 Å². The molecule has 0 bridgehead atoms. The molecule has 1 aromatic carbocycles. The first kappa shape index (κ1) is 15.8. The molecule has 1 rings (SSSR count). The smallest absolute Gasteiger partial charge is 0.257 e. The van der Waals surface area contributed by atoms with Gasteiger partial charge in [-0.05, 0) is 24.3 Å². The van der Waals surface area contributed by atoms with Crippen LogP contribution in [0.3, 0.4) is 0 Å². The number of ether oxygens (including phenoxy) is 1. The number of thioether (sulfide) groups is 1. The van der Waals surface area contributed by atoms with Crippen LogP contribution in [-0.2, 0) is 4.79 Å². The van der Waals surface area contributed by atoms with Crippen LogP contribution in [0.2, 0.25) is 0 Å². The maximum atomic E-state index is 12.8. The number of aliphatic hydroxyl groups is 1. The molecule has 0 radical (unpaired) electrons. The molecule has 1 aromatic rings. The molecule has 0 aliphatic heterocycles. The van der Waals surface area contributed by atoms with Gasteiger partial charge in [0.15, 0.2) is 6.61 Å². The molecule has 0 heterocycles. The lowest BCUT2D eigenvalue weighted by Crippen LogP contribution is -2.30. The third-order valence-electron chi connectivity index (χ3n) is 2.18. The highest BCUT2D eigenvalue weighted by Gasteiger charge is 2.02. The Kier molecular flexibility index (Phi) is 8.00. The number of halogens is 1. The molecule has 6 heteroatoms. The van der Waals surface area contributed by atoms with Gasteiger partial charge in [-0.25, -0.2) is 4.39 Å². The van der Waals surface area contributed by atoms with Crippen LogP contribution in [0.15, 0.2) is 24.3 Å².